The quantitative estimate of drug-likeness (QED) is 0.613. The van der Waals surface area contributed by atoms with E-state index < -0.39 is 10.0 Å². The molecule has 0 radical (unpaired) electrons. The summed E-state index contributed by atoms with van der Waals surface area (Å²) >= 11 is 0. The number of hydrogen-bond donors (Lipinski definition) is 2. The summed E-state index contributed by atoms with van der Waals surface area (Å²) in [4.78, 5) is 24.8. The third-order valence-corrected chi connectivity index (χ3v) is 6.42. The fourth-order valence-electron chi connectivity index (χ4n) is 2.65. The molecule has 0 atom stereocenters. The molecule has 156 valence electrons. The summed E-state index contributed by atoms with van der Waals surface area (Å²) in [5, 5.41) is 5.62. The molecule has 0 unspecified atom stereocenters. The highest BCUT2D eigenvalue weighted by molar-refractivity contribution is 7.89. The van der Waals surface area contributed by atoms with Crippen molar-refractivity contribution in [3.8, 4) is 0 Å². The van der Waals surface area contributed by atoms with Gasteiger partial charge in [0.2, 0.25) is 10.0 Å². The molecule has 2 amide bonds. The average Bonchev–Trinajstić information content (AvgIpc) is 2.72. The first-order valence-corrected chi connectivity index (χ1v) is 11.0. The lowest BCUT2D eigenvalue weighted by atomic mass is 10.1. The summed E-state index contributed by atoms with van der Waals surface area (Å²) in [6.07, 6.45) is 0.505. The minimum Gasteiger partial charge on any atom is -0.352 e. The normalized spacial score (nSPS) is 11.3. The Morgan fingerprint density at radius 2 is 1.69 bits per heavy atom. The van der Waals surface area contributed by atoms with Crippen LogP contribution in [0, 0.1) is 6.92 Å². The lowest BCUT2D eigenvalue weighted by Crippen LogP contribution is -2.32. The molecule has 0 aliphatic rings. The Balaban J connectivity index is 1.94. The number of amides is 2. The van der Waals surface area contributed by atoms with Crippen molar-refractivity contribution in [1.82, 2.24) is 9.62 Å². The molecular weight excluding hydrogens is 390 g/mol. The second-order valence-electron chi connectivity index (χ2n) is 6.68. The van der Waals surface area contributed by atoms with Gasteiger partial charge in [0.25, 0.3) is 11.8 Å². The minimum absolute atomic E-state index is 0.0523. The van der Waals surface area contributed by atoms with Crippen LogP contribution in [0.3, 0.4) is 0 Å². The molecule has 0 saturated heterocycles. The van der Waals surface area contributed by atoms with Crippen LogP contribution in [0.25, 0.3) is 0 Å². The first-order valence-electron chi connectivity index (χ1n) is 9.44. The van der Waals surface area contributed by atoms with Crippen molar-refractivity contribution in [2.24, 2.45) is 0 Å². The lowest BCUT2D eigenvalue weighted by molar-refractivity contribution is 0.0951. The summed E-state index contributed by atoms with van der Waals surface area (Å²) < 4.78 is 24.7. The number of anilines is 1. The maximum Gasteiger partial charge on any atom is 0.255 e. The van der Waals surface area contributed by atoms with Crippen molar-refractivity contribution in [2.45, 2.75) is 20.3 Å². The average molecular weight is 418 g/mol. The van der Waals surface area contributed by atoms with Gasteiger partial charge in [-0.15, -0.1) is 0 Å². The third-order valence-electron chi connectivity index (χ3n) is 4.56. The Morgan fingerprint density at radius 1 is 1.00 bits per heavy atom. The minimum atomic E-state index is -3.22. The highest BCUT2D eigenvalue weighted by atomic mass is 32.2. The topological polar surface area (TPSA) is 95.6 Å². The Kier molecular flexibility index (Phi) is 7.92. The zero-order chi connectivity index (χ0) is 21.4. The predicted octanol–water partition coefficient (Wildman–Crippen LogP) is 2.65. The van der Waals surface area contributed by atoms with E-state index >= 15 is 0 Å². The molecule has 2 aromatic rings. The van der Waals surface area contributed by atoms with Gasteiger partial charge in [0, 0.05) is 37.0 Å². The van der Waals surface area contributed by atoms with Crippen LogP contribution in [-0.2, 0) is 10.0 Å². The van der Waals surface area contributed by atoms with Gasteiger partial charge in [-0.2, -0.15) is 0 Å². The summed E-state index contributed by atoms with van der Waals surface area (Å²) in [6.45, 7) is 4.14. The second kappa shape index (κ2) is 10.2. The van der Waals surface area contributed by atoms with E-state index in [9.17, 15) is 18.0 Å². The van der Waals surface area contributed by atoms with Crippen LogP contribution in [0.4, 0.5) is 5.69 Å². The van der Waals surface area contributed by atoms with Crippen molar-refractivity contribution in [2.75, 3.05) is 31.2 Å². The summed E-state index contributed by atoms with van der Waals surface area (Å²) in [5.74, 6) is -0.468. The molecule has 0 aromatic heterocycles. The zero-order valence-corrected chi connectivity index (χ0v) is 17.8. The predicted molar refractivity (Wildman–Crippen MR) is 115 cm³/mol. The van der Waals surface area contributed by atoms with Gasteiger partial charge in [-0.05, 0) is 50.1 Å². The van der Waals surface area contributed by atoms with Crippen LogP contribution < -0.4 is 10.6 Å². The molecular formula is C21H27N3O4S. The van der Waals surface area contributed by atoms with Crippen LogP contribution >= 0.6 is 0 Å². The number of nitrogens with one attached hydrogen (secondary N) is 2. The Morgan fingerprint density at radius 3 is 2.34 bits per heavy atom. The van der Waals surface area contributed by atoms with Gasteiger partial charge in [-0.3, -0.25) is 9.59 Å². The van der Waals surface area contributed by atoms with Crippen LogP contribution in [0.5, 0.6) is 0 Å². The van der Waals surface area contributed by atoms with Gasteiger partial charge < -0.3 is 10.6 Å². The molecule has 7 nitrogen and oxygen atoms in total. The Bertz CT molecular complexity index is 959. The van der Waals surface area contributed by atoms with Gasteiger partial charge in [0.15, 0.2) is 0 Å². The number of nitrogens with zero attached hydrogens (tertiary/aromatic N) is 1. The Hall–Kier alpha value is -2.71. The molecule has 0 aliphatic carbocycles. The van der Waals surface area contributed by atoms with Crippen molar-refractivity contribution in [3.63, 3.8) is 0 Å². The van der Waals surface area contributed by atoms with Gasteiger partial charge in [0.1, 0.15) is 0 Å². The van der Waals surface area contributed by atoms with E-state index in [0.29, 0.717) is 36.3 Å². The molecule has 0 saturated carbocycles. The van der Waals surface area contributed by atoms with Crippen LogP contribution in [0.2, 0.25) is 0 Å². The number of aryl methyl sites for hydroxylation is 1. The maximum absolute atomic E-state index is 12.4. The van der Waals surface area contributed by atoms with Gasteiger partial charge in [-0.25, -0.2) is 12.7 Å². The lowest BCUT2D eigenvalue weighted by Gasteiger charge is -2.16. The smallest absolute Gasteiger partial charge is 0.255 e. The molecule has 0 aliphatic heterocycles. The Labute approximate surface area is 172 Å². The number of carbonyl (C=O) groups is 2. The van der Waals surface area contributed by atoms with Gasteiger partial charge in [0.05, 0.1) is 5.75 Å². The fourth-order valence-corrected chi connectivity index (χ4v) is 3.50. The van der Waals surface area contributed by atoms with E-state index in [1.165, 1.54) is 11.4 Å². The molecule has 2 N–H and O–H groups in total. The molecule has 29 heavy (non-hydrogen) atoms. The molecule has 2 aromatic carbocycles. The van der Waals surface area contributed by atoms with Crippen molar-refractivity contribution in [3.05, 3.63) is 65.2 Å². The molecule has 0 heterocycles. The summed E-state index contributed by atoms with van der Waals surface area (Å²) in [7, 11) is -1.69. The number of benzene rings is 2. The van der Waals surface area contributed by atoms with Crippen molar-refractivity contribution in [1.29, 1.82) is 0 Å². The van der Waals surface area contributed by atoms with Crippen LogP contribution in [-0.4, -0.2) is 50.4 Å². The first-order chi connectivity index (χ1) is 13.7. The van der Waals surface area contributed by atoms with E-state index in [1.807, 2.05) is 13.0 Å². The first kappa shape index (κ1) is 22.6. The van der Waals surface area contributed by atoms with E-state index in [0.717, 1.165) is 5.56 Å². The highest BCUT2D eigenvalue weighted by Crippen LogP contribution is 2.18. The van der Waals surface area contributed by atoms with E-state index in [-0.39, 0.29) is 17.6 Å². The summed E-state index contributed by atoms with van der Waals surface area (Å²) in [6, 6.07) is 14.0. The van der Waals surface area contributed by atoms with Crippen molar-refractivity contribution < 1.29 is 18.0 Å². The second-order valence-corrected chi connectivity index (χ2v) is 9.05. The third kappa shape index (κ3) is 6.40. The van der Waals surface area contributed by atoms with Gasteiger partial charge >= 0.3 is 0 Å². The fraction of sp³-hybridized carbons (Fsp3) is 0.333. The monoisotopic (exact) mass is 417 g/mol. The number of carbonyl (C=O) groups excluding carboxylic acids is 2. The van der Waals surface area contributed by atoms with Crippen LogP contribution in [0.15, 0.2) is 48.5 Å². The molecule has 8 heteroatoms. The van der Waals surface area contributed by atoms with E-state index in [1.54, 1.807) is 49.4 Å². The number of sulfonamides is 1. The largest absolute Gasteiger partial charge is 0.352 e. The van der Waals surface area contributed by atoms with Crippen LogP contribution in [0.1, 0.15) is 39.6 Å². The van der Waals surface area contributed by atoms with Crippen molar-refractivity contribution >= 4 is 27.5 Å². The maximum atomic E-state index is 12.4. The van der Waals surface area contributed by atoms with E-state index in [4.69, 9.17) is 0 Å². The molecule has 0 spiro atoms. The molecule has 0 fully saturated rings. The zero-order valence-electron chi connectivity index (χ0n) is 16.9. The SMILES string of the molecule is CCS(=O)(=O)N(C)CCCNC(=O)c1ccc(C)c(NC(=O)c2ccccc2)c1. The number of hydrogen-bond acceptors (Lipinski definition) is 4. The highest BCUT2D eigenvalue weighted by Gasteiger charge is 2.15. The standard InChI is InChI=1S/C21H27N3O4S/c1-4-29(27,28)24(3)14-8-13-22-20(25)18-12-11-16(2)19(15-18)23-21(26)17-9-6-5-7-10-17/h5-7,9-12,15H,4,8,13-14H2,1-3H3,(H,22,25)(H,23,26). The van der Waals surface area contributed by atoms with Gasteiger partial charge in [-0.1, -0.05) is 24.3 Å². The molecule has 0 bridgehead atoms. The molecule has 2 rings (SSSR count). The van der Waals surface area contributed by atoms with E-state index in [2.05, 4.69) is 10.6 Å². The number of rotatable bonds is 9. The summed E-state index contributed by atoms with van der Waals surface area (Å²) in [5.41, 5.74) is 2.37.